The Morgan fingerprint density at radius 1 is 1.25 bits per heavy atom. The maximum Gasteiger partial charge on any atom is 0.239 e. The molecule has 0 radical (unpaired) electrons. The average Bonchev–Trinajstić information content (AvgIpc) is 2.74. The highest BCUT2D eigenvalue weighted by Gasteiger charge is 2.37. The van der Waals surface area contributed by atoms with Gasteiger partial charge in [-0.1, -0.05) is 29.3 Å². The first-order valence-corrected chi connectivity index (χ1v) is 8.42. The third kappa shape index (κ3) is 3.25. The Morgan fingerprint density at radius 2 is 1.92 bits per heavy atom. The first kappa shape index (κ1) is 17.5. The van der Waals surface area contributed by atoms with Crippen molar-refractivity contribution in [1.29, 1.82) is 0 Å². The summed E-state index contributed by atoms with van der Waals surface area (Å²) in [5, 5.41) is 23.1. The number of benzene rings is 1. The zero-order valence-electron chi connectivity index (χ0n) is 13.2. The van der Waals surface area contributed by atoms with Gasteiger partial charge < -0.3 is 20.4 Å². The first-order chi connectivity index (χ1) is 11.4. The van der Waals surface area contributed by atoms with Crippen LogP contribution in [-0.4, -0.2) is 53.1 Å². The van der Waals surface area contributed by atoms with Crippen molar-refractivity contribution in [3.63, 3.8) is 0 Å². The third-order valence-electron chi connectivity index (χ3n) is 4.39. The monoisotopic (exact) mass is 371 g/mol. The molecule has 24 heavy (non-hydrogen) atoms. The Labute approximate surface area is 150 Å². The van der Waals surface area contributed by atoms with Crippen molar-refractivity contribution in [2.24, 2.45) is 0 Å². The van der Waals surface area contributed by atoms with Gasteiger partial charge in [-0.2, -0.15) is 0 Å². The summed E-state index contributed by atoms with van der Waals surface area (Å²) in [5.41, 5.74) is 2.91. The van der Waals surface area contributed by atoms with Crippen LogP contribution in [0.2, 0.25) is 0 Å². The zero-order valence-corrected chi connectivity index (χ0v) is 14.7. The highest BCUT2D eigenvalue weighted by atomic mass is 35.5. The molecular formula is C16H19Cl2N3O3. The number of aryl methyl sites for hydroxylation is 1. The van der Waals surface area contributed by atoms with Crippen molar-refractivity contribution < 1.29 is 15.0 Å². The lowest BCUT2D eigenvalue weighted by molar-refractivity contribution is -0.120. The lowest BCUT2D eigenvalue weighted by Gasteiger charge is -2.30. The maximum atomic E-state index is 11.5. The van der Waals surface area contributed by atoms with E-state index in [0.29, 0.717) is 19.6 Å². The number of halogens is 2. The van der Waals surface area contributed by atoms with Crippen LogP contribution in [0.25, 0.3) is 0 Å². The van der Waals surface area contributed by atoms with Gasteiger partial charge in [0.15, 0.2) is 0 Å². The molecule has 3 rings (SSSR count). The summed E-state index contributed by atoms with van der Waals surface area (Å²) in [5.74, 6) is 0.0154. The standard InChI is InChI=1S/C16H19Cl2N3O3/c1-9-6-11(20-5-4-19-12(22)8-20)3-2-10(9)7-21-15(23)13(17)14(18)16(21)24/h2-3,6,15-16,23-24H,4-5,7-8H2,1H3,(H,19,22). The molecule has 2 atom stereocenters. The topological polar surface area (TPSA) is 76.0 Å². The van der Waals surface area contributed by atoms with Crippen molar-refractivity contribution in [2.45, 2.75) is 25.9 Å². The van der Waals surface area contributed by atoms with Crippen molar-refractivity contribution in [1.82, 2.24) is 10.2 Å². The number of nitrogens with zero attached hydrogens (tertiary/aromatic N) is 2. The van der Waals surface area contributed by atoms with Crippen LogP contribution in [0.4, 0.5) is 5.69 Å². The van der Waals surface area contributed by atoms with Crippen molar-refractivity contribution >= 4 is 34.8 Å². The number of hydrogen-bond acceptors (Lipinski definition) is 5. The molecule has 2 heterocycles. The van der Waals surface area contributed by atoms with Gasteiger partial charge in [-0.3, -0.25) is 4.79 Å². The molecule has 0 aromatic heterocycles. The molecule has 3 N–H and O–H groups in total. The molecule has 1 aromatic rings. The van der Waals surface area contributed by atoms with Gasteiger partial charge in [0.2, 0.25) is 5.91 Å². The summed E-state index contributed by atoms with van der Waals surface area (Å²) in [7, 11) is 0. The summed E-state index contributed by atoms with van der Waals surface area (Å²) in [4.78, 5) is 15.0. The molecule has 130 valence electrons. The lowest BCUT2D eigenvalue weighted by Crippen LogP contribution is -2.47. The van der Waals surface area contributed by atoms with E-state index in [1.807, 2.05) is 30.0 Å². The summed E-state index contributed by atoms with van der Waals surface area (Å²) in [6, 6.07) is 5.86. The van der Waals surface area contributed by atoms with Crippen LogP contribution in [0.1, 0.15) is 11.1 Å². The summed E-state index contributed by atoms with van der Waals surface area (Å²) < 4.78 is 0. The Morgan fingerprint density at radius 3 is 2.50 bits per heavy atom. The van der Waals surface area contributed by atoms with E-state index in [0.717, 1.165) is 23.4 Å². The van der Waals surface area contributed by atoms with Gasteiger partial charge in [0, 0.05) is 25.3 Å². The molecule has 6 nitrogen and oxygen atoms in total. The molecule has 0 bridgehead atoms. The second-order valence-corrected chi connectivity index (χ2v) is 6.81. The number of aliphatic hydroxyl groups is 2. The number of piperazine rings is 1. The van der Waals surface area contributed by atoms with Crippen LogP contribution in [-0.2, 0) is 11.3 Å². The van der Waals surface area contributed by atoms with Crippen LogP contribution >= 0.6 is 23.2 Å². The molecule has 8 heteroatoms. The minimum Gasteiger partial charge on any atom is -0.373 e. The van der Waals surface area contributed by atoms with Gasteiger partial charge in [0.25, 0.3) is 0 Å². The second kappa shape index (κ2) is 6.90. The van der Waals surface area contributed by atoms with Crippen LogP contribution < -0.4 is 10.2 Å². The van der Waals surface area contributed by atoms with Crippen molar-refractivity contribution in [3.05, 3.63) is 39.4 Å². The number of hydrogen-bond donors (Lipinski definition) is 3. The Bertz CT molecular complexity index is 677. The van der Waals surface area contributed by atoms with Gasteiger partial charge in [-0.25, -0.2) is 4.90 Å². The van der Waals surface area contributed by atoms with E-state index in [9.17, 15) is 15.0 Å². The molecule has 2 aliphatic heterocycles. The van der Waals surface area contributed by atoms with E-state index >= 15 is 0 Å². The van der Waals surface area contributed by atoms with Crippen molar-refractivity contribution in [3.8, 4) is 0 Å². The van der Waals surface area contributed by atoms with Gasteiger partial charge in [0.1, 0.15) is 12.5 Å². The summed E-state index contributed by atoms with van der Waals surface area (Å²) in [6.07, 6.45) is -2.22. The summed E-state index contributed by atoms with van der Waals surface area (Å²) in [6.45, 7) is 4.00. The predicted molar refractivity (Wildman–Crippen MR) is 92.7 cm³/mol. The molecule has 2 unspecified atom stereocenters. The molecule has 1 amide bonds. The van der Waals surface area contributed by atoms with E-state index in [2.05, 4.69) is 5.32 Å². The number of anilines is 1. The zero-order chi connectivity index (χ0) is 17.4. The Hall–Kier alpha value is -1.31. The van der Waals surface area contributed by atoms with Crippen LogP contribution in [0.15, 0.2) is 28.3 Å². The maximum absolute atomic E-state index is 11.5. The van der Waals surface area contributed by atoms with Gasteiger partial charge in [-0.05, 0) is 30.2 Å². The molecule has 1 fully saturated rings. The van der Waals surface area contributed by atoms with E-state index in [4.69, 9.17) is 23.2 Å². The van der Waals surface area contributed by atoms with Gasteiger partial charge in [-0.15, -0.1) is 0 Å². The van der Waals surface area contributed by atoms with Gasteiger partial charge in [0.05, 0.1) is 16.6 Å². The molecule has 1 saturated heterocycles. The van der Waals surface area contributed by atoms with Crippen molar-refractivity contribution in [2.75, 3.05) is 24.5 Å². The minimum atomic E-state index is -1.11. The third-order valence-corrected chi connectivity index (χ3v) is 5.29. The van der Waals surface area contributed by atoms with E-state index in [1.54, 1.807) is 0 Å². The lowest BCUT2D eigenvalue weighted by atomic mass is 10.1. The van der Waals surface area contributed by atoms with Crippen LogP contribution in [0.3, 0.4) is 0 Å². The second-order valence-electron chi connectivity index (χ2n) is 6.00. The Balaban J connectivity index is 1.75. The Kier molecular flexibility index (Phi) is 5.03. The fourth-order valence-corrected chi connectivity index (χ4v) is 3.40. The number of rotatable bonds is 3. The summed E-state index contributed by atoms with van der Waals surface area (Å²) >= 11 is 11.8. The first-order valence-electron chi connectivity index (χ1n) is 7.66. The normalized spacial score (nSPS) is 25.4. The molecule has 0 saturated carbocycles. The number of amides is 1. The van der Waals surface area contributed by atoms with E-state index < -0.39 is 12.5 Å². The van der Waals surface area contributed by atoms with E-state index in [1.165, 1.54) is 4.90 Å². The molecule has 1 aromatic carbocycles. The highest BCUT2D eigenvalue weighted by molar-refractivity contribution is 6.40. The fourth-order valence-electron chi connectivity index (χ4n) is 2.95. The fraction of sp³-hybridized carbons (Fsp3) is 0.438. The predicted octanol–water partition coefficient (Wildman–Crippen LogP) is 1.07. The SMILES string of the molecule is Cc1cc(N2CCNC(=O)C2)ccc1CN1C(O)C(Cl)=C(Cl)C1O. The number of carbonyl (C=O) groups excluding carboxylic acids is 1. The molecule has 0 aliphatic carbocycles. The highest BCUT2D eigenvalue weighted by Crippen LogP contribution is 2.34. The smallest absolute Gasteiger partial charge is 0.239 e. The largest absolute Gasteiger partial charge is 0.373 e. The number of aliphatic hydroxyl groups excluding tert-OH is 2. The minimum absolute atomic E-state index is 0.0154. The van der Waals surface area contributed by atoms with Crippen LogP contribution in [0, 0.1) is 6.92 Å². The quantitative estimate of drug-likeness (QED) is 0.740. The number of carbonyl (C=O) groups is 1. The van der Waals surface area contributed by atoms with Gasteiger partial charge >= 0.3 is 0 Å². The number of nitrogens with one attached hydrogen (secondary N) is 1. The molecule has 2 aliphatic rings. The van der Waals surface area contributed by atoms with E-state index in [-0.39, 0.29) is 16.0 Å². The van der Waals surface area contributed by atoms with Crippen LogP contribution in [0.5, 0.6) is 0 Å². The molecule has 0 spiro atoms. The average molecular weight is 372 g/mol. The molecular weight excluding hydrogens is 353 g/mol.